The number of rotatable bonds is 4. The molecule has 100 valence electrons. The summed E-state index contributed by atoms with van der Waals surface area (Å²) in [4.78, 5) is 1.95. The average Bonchev–Trinajstić information content (AvgIpc) is 2.39. The molecule has 0 saturated carbocycles. The van der Waals surface area contributed by atoms with E-state index in [0.29, 0.717) is 11.6 Å². The van der Waals surface area contributed by atoms with Gasteiger partial charge >= 0.3 is 0 Å². The first-order valence-corrected chi connectivity index (χ1v) is 6.42. The van der Waals surface area contributed by atoms with Gasteiger partial charge in [-0.1, -0.05) is 17.7 Å². The molecule has 0 aliphatic rings. The summed E-state index contributed by atoms with van der Waals surface area (Å²) in [6, 6.07) is 12.2. The highest BCUT2D eigenvalue weighted by molar-refractivity contribution is 6.30. The third-order valence-electron chi connectivity index (χ3n) is 2.97. The van der Waals surface area contributed by atoms with Crippen molar-refractivity contribution in [1.29, 1.82) is 0 Å². The summed E-state index contributed by atoms with van der Waals surface area (Å²) in [7, 11) is 3.80. The van der Waals surface area contributed by atoms with E-state index in [-0.39, 0.29) is 5.82 Å². The molecular formula is C15H16ClFN2. The Morgan fingerprint density at radius 3 is 2.68 bits per heavy atom. The highest BCUT2D eigenvalue weighted by Crippen LogP contribution is 2.29. The molecule has 2 aromatic rings. The average molecular weight is 279 g/mol. The topological polar surface area (TPSA) is 15.3 Å². The lowest BCUT2D eigenvalue weighted by Crippen LogP contribution is -2.15. The number of nitrogens with zero attached hydrogens (tertiary/aromatic N) is 1. The van der Waals surface area contributed by atoms with Gasteiger partial charge in [0.1, 0.15) is 5.82 Å². The predicted molar refractivity (Wildman–Crippen MR) is 78.7 cm³/mol. The summed E-state index contributed by atoms with van der Waals surface area (Å²) in [6.07, 6.45) is 0. The van der Waals surface area contributed by atoms with Crippen molar-refractivity contribution in [3.63, 3.8) is 0 Å². The van der Waals surface area contributed by atoms with Gasteiger partial charge in [-0.15, -0.1) is 0 Å². The third kappa shape index (κ3) is 3.25. The molecule has 0 amide bonds. The summed E-state index contributed by atoms with van der Waals surface area (Å²) in [6.45, 7) is 0.704. The normalized spacial score (nSPS) is 10.5. The first-order chi connectivity index (χ1) is 9.11. The SMILES string of the molecule is CNCc1cc(Cl)ccc1N(C)c1cccc(F)c1. The maximum Gasteiger partial charge on any atom is 0.125 e. The summed E-state index contributed by atoms with van der Waals surface area (Å²) in [5.41, 5.74) is 2.88. The van der Waals surface area contributed by atoms with Gasteiger partial charge in [-0.3, -0.25) is 0 Å². The van der Waals surface area contributed by atoms with Gasteiger partial charge in [0.25, 0.3) is 0 Å². The van der Waals surface area contributed by atoms with E-state index in [1.54, 1.807) is 6.07 Å². The van der Waals surface area contributed by atoms with Crippen LogP contribution in [0.3, 0.4) is 0 Å². The minimum Gasteiger partial charge on any atom is -0.344 e. The van der Waals surface area contributed by atoms with E-state index in [1.165, 1.54) is 12.1 Å². The van der Waals surface area contributed by atoms with Crippen LogP contribution in [-0.4, -0.2) is 14.1 Å². The number of anilines is 2. The Labute approximate surface area is 117 Å². The first-order valence-electron chi connectivity index (χ1n) is 6.04. The monoisotopic (exact) mass is 278 g/mol. The number of hydrogen-bond acceptors (Lipinski definition) is 2. The molecule has 0 atom stereocenters. The van der Waals surface area contributed by atoms with Gasteiger partial charge in [-0.2, -0.15) is 0 Å². The van der Waals surface area contributed by atoms with E-state index >= 15 is 0 Å². The number of hydrogen-bond donors (Lipinski definition) is 1. The molecule has 0 aliphatic carbocycles. The Morgan fingerprint density at radius 1 is 1.21 bits per heavy atom. The van der Waals surface area contributed by atoms with Crippen molar-refractivity contribution in [2.75, 3.05) is 19.0 Å². The fourth-order valence-corrected chi connectivity index (χ4v) is 2.23. The maximum atomic E-state index is 13.3. The first kappa shape index (κ1) is 13.8. The molecule has 2 rings (SSSR count). The van der Waals surface area contributed by atoms with Gasteiger partial charge in [-0.25, -0.2) is 4.39 Å². The van der Waals surface area contributed by atoms with Crippen LogP contribution in [-0.2, 0) is 6.54 Å². The van der Waals surface area contributed by atoms with Crippen molar-refractivity contribution in [1.82, 2.24) is 5.32 Å². The Bertz CT molecular complexity index is 572. The van der Waals surface area contributed by atoms with Gasteiger partial charge in [0, 0.05) is 30.0 Å². The molecule has 19 heavy (non-hydrogen) atoms. The second-order valence-corrected chi connectivity index (χ2v) is 4.78. The van der Waals surface area contributed by atoms with Crippen LogP contribution >= 0.6 is 11.6 Å². The Morgan fingerprint density at radius 2 is 2.00 bits per heavy atom. The van der Waals surface area contributed by atoms with E-state index in [1.807, 2.05) is 43.3 Å². The molecule has 1 N–H and O–H groups in total. The maximum absolute atomic E-state index is 13.3. The number of benzene rings is 2. The van der Waals surface area contributed by atoms with Crippen LogP contribution in [0.1, 0.15) is 5.56 Å². The molecule has 0 bridgehead atoms. The molecule has 2 nitrogen and oxygen atoms in total. The van der Waals surface area contributed by atoms with E-state index in [2.05, 4.69) is 5.32 Å². The van der Waals surface area contributed by atoms with Gasteiger partial charge in [0.05, 0.1) is 0 Å². The fraction of sp³-hybridized carbons (Fsp3) is 0.200. The largest absolute Gasteiger partial charge is 0.344 e. The Kier molecular flexibility index (Phi) is 4.40. The molecule has 0 fully saturated rings. The van der Waals surface area contributed by atoms with Crippen LogP contribution in [0.5, 0.6) is 0 Å². The van der Waals surface area contributed by atoms with E-state index in [9.17, 15) is 4.39 Å². The van der Waals surface area contributed by atoms with Crippen LogP contribution in [0, 0.1) is 5.82 Å². The molecular weight excluding hydrogens is 263 g/mol. The molecule has 0 saturated heterocycles. The van der Waals surface area contributed by atoms with E-state index in [4.69, 9.17) is 11.6 Å². The molecule has 0 heterocycles. The summed E-state index contributed by atoms with van der Waals surface area (Å²) < 4.78 is 13.3. The zero-order chi connectivity index (χ0) is 13.8. The molecule has 0 unspecified atom stereocenters. The molecule has 2 aromatic carbocycles. The Hall–Kier alpha value is -1.58. The highest BCUT2D eigenvalue weighted by Gasteiger charge is 2.10. The van der Waals surface area contributed by atoms with Crippen LogP contribution in [0.2, 0.25) is 5.02 Å². The minimum absolute atomic E-state index is 0.242. The van der Waals surface area contributed by atoms with Crippen LogP contribution in [0.4, 0.5) is 15.8 Å². The van der Waals surface area contributed by atoms with Crippen molar-refractivity contribution in [3.05, 3.63) is 58.9 Å². The second-order valence-electron chi connectivity index (χ2n) is 4.34. The predicted octanol–water partition coefficient (Wildman–Crippen LogP) is 3.97. The van der Waals surface area contributed by atoms with E-state index < -0.39 is 0 Å². The van der Waals surface area contributed by atoms with Crippen molar-refractivity contribution in [3.8, 4) is 0 Å². The standard InChI is InChI=1S/C15H16ClFN2/c1-18-10-11-8-12(16)6-7-15(11)19(2)14-5-3-4-13(17)9-14/h3-9,18H,10H2,1-2H3. The molecule has 0 aliphatic heterocycles. The Balaban J connectivity index is 2.40. The fourth-order valence-electron chi connectivity index (χ4n) is 2.04. The van der Waals surface area contributed by atoms with Gasteiger partial charge in [-0.05, 0) is 49.0 Å². The lowest BCUT2D eigenvalue weighted by atomic mass is 10.1. The third-order valence-corrected chi connectivity index (χ3v) is 3.20. The molecule has 0 aromatic heterocycles. The van der Waals surface area contributed by atoms with Crippen LogP contribution in [0.25, 0.3) is 0 Å². The van der Waals surface area contributed by atoms with Crippen molar-refractivity contribution in [2.45, 2.75) is 6.54 Å². The summed E-state index contributed by atoms with van der Waals surface area (Å²) >= 11 is 6.02. The van der Waals surface area contributed by atoms with E-state index in [0.717, 1.165) is 16.9 Å². The molecule has 4 heteroatoms. The highest BCUT2D eigenvalue weighted by atomic mass is 35.5. The lowest BCUT2D eigenvalue weighted by Gasteiger charge is -2.23. The summed E-state index contributed by atoms with van der Waals surface area (Å²) in [5, 5.41) is 3.81. The smallest absolute Gasteiger partial charge is 0.125 e. The van der Waals surface area contributed by atoms with Crippen LogP contribution in [0.15, 0.2) is 42.5 Å². The van der Waals surface area contributed by atoms with Crippen molar-refractivity contribution in [2.24, 2.45) is 0 Å². The lowest BCUT2D eigenvalue weighted by molar-refractivity contribution is 0.628. The zero-order valence-corrected chi connectivity index (χ0v) is 11.7. The summed E-state index contributed by atoms with van der Waals surface area (Å²) in [5.74, 6) is -0.242. The van der Waals surface area contributed by atoms with Gasteiger partial charge in [0.2, 0.25) is 0 Å². The zero-order valence-electron chi connectivity index (χ0n) is 11.0. The van der Waals surface area contributed by atoms with Crippen molar-refractivity contribution >= 4 is 23.0 Å². The number of halogens is 2. The van der Waals surface area contributed by atoms with Gasteiger partial charge < -0.3 is 10.2 Å². The molecule has 0 spiro atoms. The number of nitrogens with one attached hydrogen (secondary N) is 1. The second kappa shape index (κ2) is 6.04. The molecule has 0 radical (unpaired) electrons. The van der Waals surface area contributed by atoms with Gasteiger partial charge in [0.15, 0.2) is 0 Å². The minimum atomic E-state index is -0.242. The quantitative estimate of drug-likeness (QED) is 0.910. The van der Waals surface area contributed by atoms with Crippen LogP contribution < -0.4 is 10.2 Å². The van der Waals surface area contributed by atoms with Crippen molar-refractivity contribution < 1.29 is 4.39 Å².